The summed E-state index contributed by atoms with van der Waals surface area (Å²) in [5.41, 5.74) is 5.02. The number of primary amides is 1. The predicted molar refractivity (Wildman–Crippen MR) is 83.2 cm³/mol. The van der Waals surface area contributed by atoms with Crippen LogP contribution >= 0.6 is 35.0 Å². The Hall–Kier alpha value is -0.910. The molecule has 1 aromatic rings. The first-order valence-corrected chi connectivity index (χ1v) is 7.71. The fourth-order valence-electron chi connectivity index (χ4n) is 1.43. The van der Waals surface area contributed by atoms with E-state index in [2.05, 4.69) is 5.32 Å². The van der Waals surface area contributed by atoms with Crippen molar-refractivity contribution in [2.75, 3.05) is 6.54 Å². The first kappa shape index (κ1) is 17.1. The van der Waals surface area contributed by atoms with E-state index in [9.17, 15) is 9.59 Å². The molecule has 7 heteroatoms. The van der Waals surface area contributed by atoms with E-state index in [-0.39, 0.29) is 23.5 Å². The normalized spacial score (nSPS) is 11.9. The Morgan fingerprint density at radius 1 is 1.40 bits per heavy atom. The predicted octanol–water partition coefficient (Wildman–Crippen LogP) is 2.86. The molecule has 0 aromatic heterocycles. The number of carbonyl (C=O) groups is 2. The van der Waals surface area contributed by atoms with Gasteiger partial charge in [0, 0.05) is 22.9 Å². The SMILES string of the molecule is C[C@H](Sc1cc(Cl)ccc1Cl)C(=O)NCCCC(N)=O. The first-order valence-electron chi connectivity index (χ1n) is 6.08. The lowest BCUT2D eigenvalue weighted by Crippen LogP contribution is -2.32. The molecule has 0 bridgehead atoms. The van der Waals surface area contributed by atoms with E-state index >= 15 is 0 Å². The Balaban J connectivity index is 2.45. The van der Waals surface area contributed by atoms with Crippen molar-refractivity contribution in [2.45, 2.75) is 29.9 Å². The van der Waals surface area contributed by atoms with Crippen molar-refractivity contribution in [2.24, 2.45) is 5.73 Å². The highest BCUT2D eigenvalue weighted by Gasteiger charge is 2.15. The molecule has 0 heterocycles. The Bertz CT molecular complexity index is 497. The van der Waals surface area contributed by atoms with Crippen LogP contribution in [0.1, 0.15) is 19.8 Å². The van der Waals surface area contributed by atoms with Gasteiger partial charge < -0.3 is 11.1 Å². The number of thioether (sulfide) groups is 1. The molecule has 0 radical (unpaired) electrons. The van der Waals surface area contributed by atoms with E-state index in [4.69, 9.17) is 28.9 Å². The van der Waals surface area contributed by atoms with Crippen molar-refractivity contribution in [3.63, 3.8) is 0 Å². The highest BCUT2D eigenvalue weighted by molar-refractivity contribution is 8.00. The van der Waals surface area contributed by atoms with E-state index in [0.29, 0.717) is 23.0 Å². The molecule has 0 spiro atoms. The average molecular weight is 335 g/mol. The van der Waals surface area contributed by atoms with Gasteiger partial charge in [-0.2, -0.15) is 0 Å². The van der Waals surface area contributed by atoms with Crippen LogP contribution in [0.4, 0.5) is 0 Å². The molecule has 2 amide bonds. The topological polar surface area (TPSA) is 72.2 Å². The molecule has 1 atom stereocenters. The summed E-state index contributed by atoms with van der Waals surface area (Å²) in [7, 11) is 0. The zero-order valence-electron chi connectivity index (χ0n) is 11.0. The molecule has 0 aliphatic heterocycles. The van der Waals surface area contributed by atoms with Crippen LogP contribution in [0.2, 0.25) is 10.0 Å². The van der Waals surface area contributed by atoms with E-state index in [1.54, 1.807) is 25.1 Å². The molecule has 0 aliphatic carbocycles. The number of halogens is 2. The number of hydrogen-bond acceptors (Lipinski definition) is 3. The van der Waals surface area contributed by atoms with Gasteiger partial charge >= 0.3 is 0 Å². The van der Waals surface area contributed by atoms with Gasteiger partial charge in [0.15, 0.2) is 0 Å². The fraction of sp³-hybridized carbons (Fsp3) is 0.385. The first-order chi connectivity index (χ1) is 9.40. The summed E-state index contributed by atoms with van der Waals surface area (Å²) in [5, 5.41) is 3.58. The Labute approximate surface area is 132 Å². The number of nitrogens with two attached hydrogens (primary N) is 1. The van der Waals surface area contributed by atoms with E-state index in [1.807, 2.05) is 0 Å². The van der Waals surface area contributed by atoms with Gasteiger partial charge in [0.25, 0.3) is 0 Å². The maximum Gasteiger partial charge on any atom is 0.233 e. The third kappa shape index (κ3) is 6.03. The second-order valence-electron chi connectivity index (χ2n) is 4.20. The molecule has 0 unspecified atom stereocenters. The summed E-state index contributed by atoms with van der Waals surface area (Å²) in [6.45, 7) is 2.21. The molecular formula is C13H16Cl2N2O2S. The molecule has 3 N–H and O–H groups in total. The molecule has 20 heavy (non-hydrogen) atoms. The van der Waals surface area contributed by atoms with Crippen LogP contribution in [0.15, 0.2) is 23.1 Å². The maximum absolute atomic E-state index is 11.9. The Morgan fingerprint density at radius 2 is 2.10 bits per heavy atom. The van der Waals surface area contributed by atoms with Crippen LogP contribution in [0.3, 0.4) is 0 Å². The maximum atomic E-state index is 11.9. The summed E-state index contributed by atoms with van der Waals surface area (Å²) < 4.78 is 0. The minimum Gasteiger partial charge on any atom is -0.370 e. The summed E-state index contributed by atoms with van der Waals surface area (Å²) in [6, 6.07) is 5.12. The van der Waals surface area contributed by atoms with Crippen LogP contribution in [0.25, 0.3) is 0 Å². The van der Waals surface area contributed by atoms with Crippen LogP contribution in [-0.4, -0.2) is 23.6 Å². The lowest BCUT2D eigenvalue weighted by Gasteiger charge is -2.12. The molecule has 0 aliphatic rings. The van der Waals surface area contributed by atoms with Crippen LogP contribution in [-0.2, 0) is 9.59 Å². The largest absolute Gasteiger partial charge is 0.370 e. The molecule has 110 valence electrons. The molecule has 0 saturated heterocycles. The van der Waals surface area contributed by atoms with Gasteiger partial charge in [-0.1, -0.05) is 23.2 Å². The molecule has 0 saturated carbocycles. The smallest absolute Gasteiger partial charge is 0.233 e. The standard InChI is InChI=1S/C13H16Cl2N2O2S/c1-8(13(19)17-6-2-3-12(16)18)20-11-7-9(14)4-5-10(11)15/h4-5,7-8H,2-3,6H2,1H3,(H2,16,18)(H,17,19)/t8-/m0/s1. The molecule has 4 nitrogen and oxygen atoms in total. The molecule has 0 fully saturated rings. The third-order valence-corrected chi connectivity index (χ3v) is 4.30. The average Bonchev–Trinajstić information content (AvgIpc) is 2.38. The van der Waals surface area contributed by atoms with Crippen LogP contribution in [0, 0.1) is 0 Å². The van der Waals surface area contributed by atoms with Crippen molar-refractivity contribution in [1.29, 1.82) is 0 Å². The number of carbonyl (C=O) groups excluding carboxylic acids is 2. The summed E-state index contributed by atoms with van der Waals surface area (Å²) >= 11 is 13.3. The van der Waals surface area contributed by atoms with Gasteiger partial charge in [-0.25, -0.2) is 0 Å². The van der Waals surface area contributed by atoms with E-state index in [0.717, 1.165) is 4.90 Å². The van der Waals surface area contributed by atoms with E-state index < -0.39 is 0 Å². The van der Waals surface area contributed by atoms with Gasteiger partial charge in [-0.05, 0) is 31.5 Å². The van der Waals surface area contributed by atoms with Crippen molar-refractivity contribution in [1.82, 2.24) is 5.32 Å². The van der Waals surface area contributed by atoms with Crippen molar-refractivity contribution >= 4 is 46.8 Å². The highest BCUT2D eigenvalue weighted by Crippen LogP contribution is 2.32. The second-order valence-corrected chi connectivity index (χ2v) is 6.42. The lowest BCUT2D eigenvalue weighted by molar-refractivity contribution is -0.121. The van der Waals surface area contributed by atoms with E-state index in [1.165, 1.54) is 11.8 Å². The van der Waals surface area contributed by atoms with Gasteiger partial charge in [0.05, 0.1) is 10.3 Å². The number of rotatable bonds is 7. The molecule has 1 rings (SSSR count). The quantitative estimate of drug-likeness (QED) is 0.594. The van der Waals surface area contributed by atoms with Crippen molar-refractivity contribution in [3.8, 4) is 0 Å². The van der Waals surface area contributed by atoms with Crippen molar-refractivity contribution < 1.29 is 9.59 Å². The van der Waals surface area contributed by atoms with Gasteiger partial charge in [0.2, 0.25) is 11.8 Å². The Morgan fingerprint density at radius 3 is 2.75 bits per heavy atom. The summed E-state index contributed by atoms with van der Waals surface area (Å²) in [5.74, 6) is -0.483. The second kappa shape index (κ2) is 8.39. The van der Waals surface area contributed by atoms with Crippen LogP contribution < -0.4 is 11.1 Å². The fourth-order valence-corrected chi connectivity index (χ4v) is 2.86. The Kier molecular flexibility index (Phi) is 7.19. The van der Waals surface area contributed by atoms with Crippen molar-refractivity contribution in [3.05, 3.63) is 28.2 Å². The zero-order valence-corrected chi connectivity index (χ0v) is 13.3. The van der Waals surface area contributed by atoms with Gasteiger partial charge in [-0.15, -0.1) is 11.8 Å². The molecular weight excluding hydrogens is 319 g/mol. The number of amides is 2. The third-order valence-electron chi connectivity index (χ3n) is 2.47. The summed E-state index contributed by atoms with van der Waals surface area (Å²) in [6.07, 6.45) is 0.804. The highest BCUT2D eigenvalue weighted by atomic mass is 35.5. The number of hydrogen-bond donors (Lipinski definition) is 2. The molecule has 1 aromatic carbocycles. The van der Waals surface area contributed by atoms with Gasteiger partial charge in [-0.3, -0.25) is 9.59 Å². The number of benzene rings is 1. The minimum atomic E-state index is -0.368. The lowest BCUT2D eigenvalue weighted by atomic mass is 10.3. The van der Waals surface area contributed by atoms with Crippen LogP contribution in [0.5, 0.6) is 0 Å². The zero-order chi connectivity index (χ0) is 15.1. The van der Waals surface area contributed by atoms with Gasteiger partial charge in [0.1, 0.15) is 0 Å². The minimum absolute atomic E-state index is 0.115. The summed E-state index contributed by atoms with van der Waals surface area (Å²) in [4.78, 5) is 23.2. The number of nitrogens with one attached hydrogen (secondary N) is 1. The monoisotopic (exact) mass is 334 g/mol.